The van der Waals surface area contributed by atoms with Crippen molar-refractivity contribution in [2.75, 3.05) is 5.73 Å². The molecule has 1 aromatic heterocycles. The van der Waals surface area contributed by atoms with Gasteiger partial charge in [0.2, 0.25) is 0 Å². The maximum Gasteiger partial charge on any atom is 0.288 e. The summed E-state index contributed by atoms with van der Waals surface area (Å²) in [5, 5.41) is 18.6. The number of benzene rings is 1. The van der Waals surface area contributed by atoms with E-state index in [9.17, 15) is 10.1 Å². The predicted molar refractivity (Wildman–Crippen MR) is 69.4 cm³/mol. The summed E-state index contributed by atoms with van der Waals surface area (Å²) < 4.78 is 1.60. The fraction of sp³-hybridized carbons (Fsp3) is 0.273. The molecule has 1 aliphatic carbocycles. The minimum absolute atomic E-state index is 0.0679. The second kappa shape index (κ2) is 4.20. The molecular weight excluding hydrogens is 270 g/mol. The van der Waals surface area contributed by atoms with Crippen LogP contribution in [0.3, 0.4) is 0 Å². The number of halogens is 1. The molecule has 1 heterocycles. The van der Waals surface area contributed by atoms with Crippen LogP contribution in [0.15, 0.2) is 18.2 Å². The number of nitrogen functional groups attached to an aromatic ring is 1. The number of rotatable bonds is 3. The number of hydrogen-bond acceptors (Lipinski definition) is 5. The third-order valence-electron chi connectivity index (χ3n) is 3.07. The first-order valence-electron chi connectivity index (χ1n) is 5.73. The molecule has 7 nitrogen and oxygen atoms in total. The number of hydrogen-bond donors (Lipinski definition) is 1. The lowest BCUT2D eigenvalue weighted by Crippen LogP contribution is -2.03. The van der Waals surface area contributed by atoms with E-state index >= 15 is 0 Å². The average molecular weight is 280 g/mol. The Bertz CT molecular complexity index is 665. The molecule has 3 rings (SSSR count). The molecule has 1 saturated carbocycles. The minimum atomic E-state index is -0.524. The Morgan fingerprint density at radius 3 is 2.79 bits per heavy atom. The zero-order valence-electron chi connectivity index (χ0n) is 9.78. The van der Waals surface area contributed by atoms with Crippen LogP contribution in [0.25, 0.3) is 5.69 Å². The van der Waals surface area contributed by atoms with Gasteiger partial charge in [-0.05, 0) is 25.0 Å². The summed E-state index contributed by atoms with van der Waals surface area (Å²) in [5.74, 6) is 0.765. The molecule has 0 radical (unpaired) electrons. The average Bonchev–Trinajstić information content (AvgIpc) is 3.12. The Kier molecular flexibility index (Phi) is 2.63. The first kappa shape index (κ1) is 11.9. The number of nitro groups is 1. The van der Waals surface area contributed by atoms with Crippen LogP contribution in [-0.4, -0.2) is 19.9 Å². The standard InChI is InChI=1S/C11H10ClN5O2/c12-8-5-7(3-4-9(8)17(18)19)16-10(6-1-2-6)11(13)14-15-16/h3-6H,1-2,13H2. The lowest BCUT2D eigenvalue weighted by Gasteiger charge is -2.06. The Hall–Kier alpha value is -2.15. The van der Waals surface area contributed by atoms with Crippen LogP contribution in [0.5, 0.6) is 0 Å². The van der Waals surface area contributed by atoms with Gasteiger partial charge in [0.05, 0.1) is 16.3 Å². The highest BCUT2D eigenvalue weighted by Crippen LogP contribution is 2.43. The maximum atomic E-state index is 10.7. The van der Waals surface area contributed by atoms with Crippen LogP contribution >= 0.6 is 11.6 Å². The number of anilines is 1. The summed E-state index contributed by atoms with van der Waals surface area (Å²) in [6.45, 7) is 0. The fourth-order valence-corrected chi connectivity index (χ4v) is 2.25. The van der Waals surface area contributed by atoms with Gasteiger partial charge in [-0.2, -0.15) is 0 Å². The Labute approximate surface area is 113 Å². The topological polar surface area (TPSA) is 99.9 Å². The van der Waals surface area contributed by atoms with Crippen LogP contribution in [-0.2, 0) is 0 Å². The SMILES string of the molecule is Nc1nnn(-c2ccc([N+](=O)[O-])c(Cl)c2)c1C1CC1. The molecule has 19 heavy (non-hydrogen) atoms. The van der Waals surface area contributed by atoms with Crippen LogP contribution in [0.2, 0.25) is 5.02 Å². The highest BCUT2D eigenvalue weighted by Gasteiger charge is 2.31. The summed E-state index contributed by atoms with van der Waals surface area (Å²) in [7, 11) is 0. The van der Waals surface area contributed by atoms with Gasteiger partial charge < -0.3 is 5.73 Å². The third kappa shape index (κ3) is 2.01. The number of nitrogens with zero attached hydrogens (tertiary/aromatic N) is 4. The fourth-order valence-electron chi connectivity index (χ4n) is 2.01. The number of aromatic nitrogens is 3. The zero-order chi connectivity index (χ0) is 13.6. The monoisotopic (exact) mass is 279 g/mol. The van der Waals surface area contributed by atoms with E-state index in [1.54, 1.807) is 10.7 Å². The summed E-state index contributed by atoms with van der Waals surface area (Å²) >= 11 is 5.89. The molecule has 0 amide bonds. The zero-order valence-corrected chi connectivity index (χ0v) is 10.5. The van der Waals surface area contributed by atoms with E-state index in [1.165, 1.54) is 12.1 Å². The van der Waals surface area contributed by atoms with Crippen LogP contribution in [0, 0.1) is 10.1 Å². The summed E-state index contributed by atoms with van der Waals surface area (Å²) in [4.78, 5) is 10.2. The molecular formula is C11H10ClN5O2. The van der Waals surface area contributed by atoms with E-state index in [1.807, 2.05) is 0 Å². The Balaban J connectivity index is 2.07. The number of nitro benzene ring substituents is 1. The van der Waals surface area contributed by atoms with E-state index < -0.39 is 4.92 Å². The quantitative estimate of drug-likeness (QED) is 0.686. The van der Waals surface area contributed by atoms with E-state index in [2.05, 4.69) is 10.3 Å². The molecule has 8 heteroatoms. The first-order chi connectivity index (χ1) is 9.08. The summed E-state index contributed by atoms with van der Waals surface area (Å²) in [6, 6.07) is 4.44. The van der Waals surface area contributed by atoms with E-state index in [0.29, 0.717) is 17.4 Å². The molecule has 0 atom stereocenters. The van der Waals surface area contributed by atoms with Gasteiger partial charge in [-0.15, -0.1) is 5.10 Å². The molecule has 1 fully saturated rings. The molecule has 98 valence electrons. The van der Waals surface area contributed by atoms with E-state index in [0.717, 1.165) is 18.5 Å². The highest BCUT2D eigenvalue weighted by molar-refractivity contribution is 6.32. The third-order valence-corrected chi connectivity index (χ3v) is 3.37. The predicted octanol–water partition coefficient (Wildman–Crippen LogP) is 2.29. The first-order valence-corrected chi connectivity index (χ1v) is 6.11. The van der Waals surface area contributed by atoms with Crippen molar-refractivity contribution in [3.8, 4) is 5.69 Å². The van der Waals surface area contributed by atoms with Gasteiger partial charge in [0, 0.05) is 12.0 Å². The Morgan fingerprint density at radius 2 is 2.21 bits per heavy atom. The van der Waals surface area contributed by atoms with Gasteiger partial charge in [-0.1, -0.05) is 16.8 Å². The molecule has 0 bridgehead atoms. The van der Waals surface area contributed by atoms with Gasteiger partial charge in [-0.25, -0.2) is 4.68 Å². The van der Waals surface area contributed by atoms with E-state index in [-0.39, 0.29) is 10.7 Å². The molecule has 2 aromatic rings. The smallest absolute Gasteiger partial charge is 0.288 e. The molecule has 0 spiro atoms. The Morgan fingerprint density at radius 1 is 1.47 bits per heavy atom. The molecule has 2 N–H and O–H groups in total. The van der Waals surface area contributed by atoms with Gasteiger partial charge in [0.1, 0.15) is 5.02 Å². The molecule has 1 aliphatic rings. The van der Waals surface area contributed by atoms with Crippen molar-refractivity contribution in [1.29, 1.82) is 0 Å². The number of nitrogens with two attached hydrogens (primary N) is 1. The second-order valence-corrected chi connectivity index (χ2v) is 4.85. The lowest BCUT2D eigenvalue weighted by atomic mass is 10.2. The summed E-state index contributed by atoms with van der Waals surface area (Å²) in [5.41, 5.74) is 7.15. The van der Waals surface area contributed by atoms with Crippen molar-refractivity contribution in [3.63, 3.8) is 0 Å². The normalized spacial score (nSPS) is 14.6. The molecule has 0 aliphatic heterocycles. The van der Waals surface area contributed by atoms with Crippen molar-refractivity contribution in [3.05, 3.63) is 39.0 Å². The van der Waals surface area contributed by atoms with Crippen LogP contribution in [0.1, 0.15) is 24.5 Å². The molecule has 0 unspecified atom stereocenters. The van der Waals surface area contributed by atoms with Gasteiger partial charge >= 0.3 is 0 Å². The summed E-state index contributed by atoms with van der Waals surface area (Å²) in [6.07, 6.45) is 2.11. The molecule has 0 saturated heterocycles. The second-order valence-electron chi connectivity index (χ2n) is 4.44. The van der Waals surface area contributed by atoms with Crippen molar-refractivity contribution in [1.82, 2.24) is 15.0 Å². The minimum Gasteiger partial charge on any atom is -0.381 e. The van der Waals surface area contributed by atoms with Crippen molar-refractivity contribution < 1.29 is 4.92 Å². The lowest BCUT2D eigenvalue weighted by molar-refractivity contribution is -0.384. The highest BCUT2D eigenvalue weighted by atomic mass is 35.5. The maximum absolute atomic E-state index is 10.7. The van der Waals surface area contributed by atoms with Crippen molar-refractivity contribution in [2.45, 2.75) is 18.8 Å². The van der Waals surface area contributed by atoms with Gasteiger partial charge in [0.25, 0.3) is 5.69 Å². The van der Waals surface area contributed by atoms with Gasteiger partial charge in [0.15, 0.2) is 5.82 Å². The molecule has 1 aromatic carbocycles. The van der Waals surface area contributed by atoms with E-state index in [4.69, 9.17) is 17.3 Å². The van der Waals surface area contributed by atoms with Crippen molar-refractivity contribution >= 4 is 23.1 Å². The van der Waals surface area contributed by atoms with Crippen LogP contribution < -0.4 is 5.73 Å². The van der Waals surface area contributed by atoms with Crippen LogP contribution in [0.4, 0.5) is 11.5 Å². The van der Waals surface area contributed by atoms with Gasteiger partial charge in [-0.3, -0.25) is 10.1 Å². The van der Waals surface area contributed by atoms with Crippen molar-refractivity contribution in [2.24, 2.45) is 0 Å². The largest absolute Gasteiger partial charge is 0.381 e.